The van der Waals surface area contributed by atoms with Gasteiger partial charge in [-0.1, -0.05) is 58.4 Å². The molecule has 0 radical (unpaired) electrons. The van der Waals surface area contributed by atoms with Crippen molar-refractivity contribution < 1.29 is 14.3 Å². The van der Waals surface area contributed by atoms with Crippen molar-refractivity contribution in [1.82, 2.24) is 4.90 Å². The van der Waals surface area contributed by atoms with E-state index in [1.165, 1.54) is 11.0 Å². The predicted octanol–water partition coefficient (Wildman–Crippen LogP) is 4.14. The molecule has 0 aliphatic carbocycles. The first-order chi connectivity index (χ1) is 11.9. The molecule has 4 nitrogen and oxygen atoms in total. The average Bonchev–Trinajstić information content (AvgIpc) is 2.59. The molecule has 1 amide bonds. The third kappa shape index (κ3) is 5.29. The van der Waals surface area contributed by atoms with E-state index >= 15 is 0 Å². The average molecular weight is 402 g/mol. The fourth-order valence-corrected chi connectivity index (χ4v) is 2.83. The fourth-order valence-electron chi connectivity index (χ4n) is 2.20. The van der Waals surface area contributed by atoms with Gasteiger partial charge in [-0.2, -0.15) is 0 Å². The van der Waals surface area contributed by atoms with Gasteiger partial charge in [-0.25, -0.2) is 4.79 Å². The summed E-state index contributed by atoms with van der Waals surface area (Å²) >= 11 is 3.46. The van der Waals surface area contributed by atoms with E-state index in [-0.39, 0.29) is 5.91 Å². The first-order valence-electron chi connectivity index (χ1n) is 7.79. The van der Waals surface area contributed by atoms with E-state index in [0.717, 1.165) is 15.6 Å². The lowest BCUT2D eigenvalue weighted by Crippen LogP contribution is -2.30. The second kappa shape index (κ2) is 8.62. The Hall–Kier alpha value is -2.40. The number of ether oxygens (including phenoxy) is 1. The molecule has 0 N–H and O–H groups in total. The van der Waals surface area contributed by atoms with Crippen molar-refractivity contribution in [2.75, 3.05) is 14.1 Å². The molecular weight excluding hydrogens is 382 g/mol. The minimum absolute atomic E-state index is 0.288. The highest BCUT2D eigenvalue weighted by Gasteiger charge is 2.25. The molecule has 130 valence electrons. The van der Waals surface area contributed by atoms with Crippen LogP contribution in [0.1, 0.15) is 22.8 Å². The summed E-state index contributed by atoms with van der Waals surface area (Å²) in [5.74, 6) is -0.860. The van der Waals surface area contributed by atoms with E-state index in [4.69, 9.17) is 4.74 Å². The maximum atomic E-state index is 12.4. The Labute approximate surface area is 156 Å². The number of rotatable bonds is 5. The summed E-state index contributed by atoms with van der Waals surface area (Å²) in [6.45, 7) is 1.99. The number of carbonyl (C=O) groups is 2. The molecule has 0 bridgehead atoms. The van der Waals surface area contributed by atoms with Gasteiger partial charge in [-0.3, -0.25) is 4.79 Å². The lowest BCUT2D eigenvalue weighted by Gasteiger charge is -2.20. The van der Waals surface area contributed by atoms with Crippen LogP contribution in [-0.2, 0) is 14.3 Å². The number of likely N-dealkylation sites (N-methyl/N-ethyl adjacent to an activating group) is 1. The molecule has 2 aromatic rings. The zero-order valence-electron chi connectivity index (χ0n) is 14.4. The topological polar surface area (TPSA) is 46.6 Å². The van der Waals surface area contributed by atoms with Crippen LogP contribution in [0.5, 0.6) is 0 Å². The summed E-state index contributed by atoms with van der Waals surface area (Å²) < 4.78 is 6.30. The van der Waals surface area contributed by atoms with Gasteiger partial charge in [0.2, 0.25) is 6.10 Å². The van der Waals surface area contributed by atoms with Crippen molar-refractivity contribution in [3.8, 4) is 0 Å². The van der Waals surface area contributed by atoms with Crippen LogP contribution >= 0.6 is 15.9 Å². The SMILES string of the molecule is Cc1ccc(/C=C/C(=O)O[C@H](C(=O)N(C)C)c2ccccc2)c(Br)c1. The lowest BCUT2D eigenvalue weighted by atomic mass is 10.1. The number of hydrogen-bond donors (Lipinski definition) is 0. The maximum absolute atomic E-state index is 12.4. The van der Waals surface area contributed by atoms with Crippen LogP contribution in [0.4, 0.5) is 0 Å². The molecule has 0 saturated heterocycles. The van der Waals surface area contributed by atoms with Crippen LogP contribution in [0.25, 0.3) is 6.08 Å². The maximum Gasteiger partial charge on any atom is 0.331 e. The Balaban J connectivity index is 2.16. The van der Waals surface area contributed by atoms with E-state index in [1.54, 1.807) is 44.4 Å². The number of benzene rings is 2. The summed E-state index contributed by atoms with van der Waals surface area (Å²) in [6.07, 6.45) is 2.03. The summed E-state index contributed by atoms with van der Waals surface area (Å²) in [5, 5.41) is 0. The van der Waals surface area contributed by atoms with Gasteiger partial charge in [0.05, 0.1) is 0 Å². The predicted molar refractivity (Wildman–Crippen MR) is 102 cm³/mol. The minimum atomic E-state index is -0.963. The van der Waals surface area contributed by atoms with Gasteiger partial charge in [0, 0.05) is 30.2 Å². The number of esters is 1. The van der Waals surface area contributed by atoms with Crippen LogP contribution in [-0.4, -0.2) is 30.9 Å². The number of nitrogens with zero attached hydrogens (tertiary/aromatic N) is 1. The molecular formula is C20H20BrNO3. The van der Waals surface area contributed by atoms with Gasteiger partial charge in [0.1, 0.15) is 0 Å². The monoisotopic (exact) mass is 401 g/mol. The molecule has 0 fully saturated rings. The van der Waals surface area contributed by atoms with Crippen molar-refractivity contribution in [1.29, 1.82) is 0 Å². The zero-order valence-corrected chi connectivity index (χ0v) is 16.0. The van der Waals surface area contributed by atoms with Gasteiger partial charge >= 0.3 is 5.97 Å². The Bertz CT molecular complexity index is 785. The molecule has 2 rings (SSSR count). The Kier molecular flexibility index (Phi) is 6.53. The van der Waals surface area contributed by atoms with Gasteiger partial charge in [0.25, 0.3) is 5.91 Å². The van der Waals surface area contributed by atoms with Gasteiger partial charge in [0.15, 0.2) is 0 Å². The molecule has 0 aliphatic heterocycles. The van der Waals surface area contributed by atoms with Crippen LogP contribution < -0.4 is 0 Å². The number of carbonyl (C=O) groups excluding carboxylic acids is 2. The summed E-state index contributed by atoms with van der Waals surface area (Å²) in [6, 6.07) is 14.8. The first kappa shape index (κ1) is 18.9. The Morgan fingerprint density at radius 2 is 1.80 bits per heavy atom. The highest BCUT2D eigenvalue weighted by atomic mass is 79.9. The van der Waals surface area contributed by atoms with Gasteiger partial charge in [-0.05, 0) is 30.2 Å². The minimum Gasteiger partial charge on any atom is -0.444 e. The molecule has 2 aromatic carbocycles. The number of amides is 1. The summed E-state index contributed by atoms with van der Waals surface area (Å²) in [4.78, 5) is 26.0. The van der Waals surface area contributed by atoms with E-state index < -0.39 is 12.1 Å². The van der Waals surface area contributed by atoms with Gasteiger partial charge < -0.3 is 9.64 Å². The number of hydrogen-bond acceptors (Lipinski definition) is 3. The van der Waals surface area contributed by atoms with Crippen molar-refractivity contribution in [3.63, 3.8) is 0 Å². The van der Waals surface area contributed by atoms with Crippen LogP contribution in [0.15, 0.2) is 59.1 Å². The highest BCUT2D eigenvalue weighted by molar-refractivity contribution is 9.10. The largest absolute Gasteiger partial charge is 0.444 e. The number of aryl methyl sites for hydroxylation is 1. The molecule has 5 heteroatoms. The van der Waals surface area contributed by atoms with E-state index in [2.05, 4.69) is 15.9 Å². The zero-order chi connectivity index (χ0) is 18.4. The summed E-state index contributed by atoms with van der Waals surface area (Å²) in [7, 11) is 3.26. The molecule has 0 unspecified atom stereocenters. The standard InChI is InChI=1S/C20H20BrNO3/c1-14-9-10-15(17(21)13-14)11-12-18(23)25-19(20(24)22(2)3)16-7-5-4-6-8-16/h4-13,19H,1-3H3/b12-11+/t19-/m0/s1. The fraction of sp³-hybridized carbons (Fsp3) is 0.200. The Morgan fingerprint density at radius 1 is 1.12 bits per heavy atom. The lowest BCUT2D eigenvalue weighted by molar-refractivity contribution is -0.155. The molecule has 0 aliphatic rings. The van der Waals surface area contributed by atoms with Crippen molar-refractivity contribution in [2.45, 2.75) is 13.0 Å². The second-order valence-electron chi connectivity index (χ2n) is 5.82. The molecule has 0 aromatic heterocycles. The first-order valence-corrected chi connectivity index (χ1v) is 8.58. The summed E-state index contributed by atoms with van der Waals surface area (Å²) in [5.41, 5.74) is 2.62. The normalized spacial score (nSPS) is 12.0. The van der Waals surface area contributed by atoms with E-state index in [0.29, 0.717) is 5.56 Å². The van der Waals surface area contributed by atoms with Crippen LogP contribution in [0.2, 0.25) is 0 Å². The van der Waals surface area contributed by atoms with Crippen molar-refractivity contribution in [3.05, 3.63) is 75.8 Å². The molecule has 25 heavy (non-hydrogen) atoms. The molecule has 0 saturated carbocycles. The second-order valence-corrected chi connectivity index (χ2v) is 6.67. The quantitative estimate of drug-likeness (QED) is 0.558. The van der Waals surface area contributed by atoms with E-state index in [1.807, 2.05) is 31.2 Å². The smallest absolute Gasteiger partial charge is 0.331 e. The van der Waals surface area contributed by atoms with Crippen molar-refractivity contribution >= 4 is 33.9 Å². The Morgan fingerprint density at radius 3 is 2.40 bits per heavy atom. The molecule has 0 spiro atoms. The van der Waals surface area contributed by atoms with E-state index in [9.17, 15) is 9.59 Å². The third-order valence-corrected chi connectivity index (χ3v) is 4.24. The van der Waals surface area contributed by atoms with Crippen LogP contribution in [0, 0.1) is 6.92 Å². The van der Waals surface area contributed by atoms with Gasteiger partial charge in [-0.15, -0.1) is 0 Å². The van der Waals surface area contributed by atoms with Crippen LogP contribution in [0.3, 0.4) is 0 Å². The number of halogens is 1. The molecule has 0 heterocycles. The third-order valence-electron chi connectivity index (χ3n) is 3.56. The molecule has 1 atom stereocenters. The van der Waals surface area contributed by atoms with Crippen molar-refractivity contribution in [2.24, 2.45) is 0 Å². The highest BCUT2D eigenvalue weighted by Crippen LogP contribution is 2.22.